The molecule has 0 aromatic heterocycles. The number of esters is 1. The van der Waals surface area contributed by atoms with Crippen molar-refractivity contribution in [2.75, 3.05) is 20.8 Å². The molecular formula is C12H13ClN2O6. The summed E-state index contributed by atoms with van der Waals surface area (Å²) in [6, 6.07) is 1.61. The largest absolute Gasteiger partial charge is 0.493 e. The predicted molar refractivity (Wildman–Crippen MR) is 72.6 cm³/mol. The highest BCUT2D eigenvalue weighted by atomic mass is 35.5. The van der Waals surface area contributed by atoms with E-state index in [4.69, 9.17) is 31.5 Å². The van der Waals surface area contributed by atoms with Gasteiger partial charge in [0.05, 0.1) is 24.8 Å². The average Bonchev–Trinajstić information content (AvgIpc) is 2.42. The maximum Gasteiger partial charge on any atom is 0.338 e. The smallest absolute Gasteiger partial charge is 0.338 e. The van der Waals surface area contributed by atoms with E-state index >= 15 is 0 Å². The zero-order chi connectivity index (χ0) is 16.0. The Morgan fingerprint density at radius 1 is 1.24 bits per heavy atom. The highest BCUT2D eigenvalue weighted by Gasteiger charge is 2.17. The molecule has 3 amide bonds. The van der Waals surface area contributed by atoms with E-state index in [1.54, 1.807) is 5.32 Å². The molecule has 1 aromatic carbocycles. The molecule has 3 N–H and O–H groups in total. The summed E-state index contributed by atoms with van der Waals surface area (Å²) in [6.45, 7) is -0.659. The molecular weight excluding hydrogens is 304 g/mol. The fourth-order valence-electron chi connectivity index (χ4n) is 1.42. The zero-order valence-electron chi connectivity index (χ0n) is 11.3. The number of primary amides is 1. The Morgan fingerprint density at radius 3 is 2.43 bits per heavy atom. The second kappa shape index (κ2) is 7.34. The van der Waals surface area contributed by atoms with Gasteiger partial charge >= 0.3 is 12.0 Å². The highest BCUT2D eigenvalue weighted by molar-refractivity contribution is 6.32. The normalized spacial score (nSPS) is 9.67. The lowest BCUT2D eigenvalue weighted by molar-refractivity contribution is -0.123. The number of nitrogens with two attached hydrogens (primary N) is 1. The Balaban J connectivity index is 2.81. The summed E-state index contributed by atoms with van der Waals surface area (Å²) < 4.78 is 14.8. The van der Waals surface area contributed by atoms with Crippen LogP contribution in [0.15, 0.2) is 12.1 Å². The number of rotatable bonds is 5. The van der Waals surface area contributed by atoms with Crippen LogP contribution < -0.4 is 20.5 Å². The Kier molecular flexibility index (Phi) is 5.79. The topological polar surface area (TPSA) is 117 Å². The molecule has 0 aliphatic rings. The summed E-state index contributed by atoms with van der Waals surface area (Å²) in [5.41, 5.74) is 4.80. The molecule has 1 rings (SSSR count). The molecule has 114 valence electrons. The van der Waals surface area contributed by atoms with Crippen LogP contribution in [0, 0.1) is 0 Å². The Labute approximate surface area is 125 Å². The highest BCUT2D eigenvalue weighted by Crippen LogP contribution is 2.36. The molecule has 9 heteroatoms. The Morgan fingerprint density at radius 2 is 1.90 bits per heavy atom. The van der Waals surface area contributed by atoms with Crippen LogP contribution in [-0.2, 0) is 9.53 Å². The zero-order valence-corrected chi connectivity index (χ0v) is 12.0. The number of hydrogen-bond acceptors (Lipinski definition) is 6. The van der Waals surface area contributed by atoms with Gasteiger partial charge in [0.15, 0.2) is 18.1 Å². The lowest BCUT2D eigenvalue weighted by Gasteiger charge is -2.11. The number of methoxy groups -OCH3 is 2. The fourth-order valence-corrected chi connectivity index (χ4v) is 1.71. The van der Waals surface area contributed by atoms with Gasteiger partial charge in [-0.25, -0.2) is 9.59 Å². The van der Waals surface area contributed by atoms with Crippen LogP contribution in [0.1, 0.15) is 10.4 Å². The fraction of sp³-hybridized carbons (Fsp3) is 0.250. The molecule has 0 heterocycles. The van der Waals surface area contributed by atoms with Crippen molar-refractivity contribution in [2.24, 2.45) is 5.73 Å². The number of benzene rings is 1. The van der Waals surface area contributed by atoms with E-state index in [0.29, 0.717) is 0 Å². The molecule has 0 aliphatic heterocycles. The van der Waals surface area contributed by atoms with E-state index in [1.165, 1.54) is 26.4 Å². The van der Waals surface area contributed by atoms with Gasteiger partial charge in [0.25, 0.3) is 5.91 Å². The molecule has 0 unspecified atom stereocenters. The number of ether oxygens (including phenoxy) is 3. The molecule has 0 fully saturated rings. The Hall–Kier alpha value is -2.48. The minimum Gasteiger partial charge on any atom is -0.493 e. The van der Waals surface area contributed by atoms with Crippen molar-refractivity contribution in [1.82, 2.24) is 5.32 Å². The Bertz CT molecular complexity index is 575. The summed E-state index contributed by atoms with van der Waals surface area (Å²) in [5.74, 6) is -1.17. The minimum atomic E-state index is -1.04. The summed E-state index contributed by atoms with van der Waals surface area (Å²) >= 11 is 5.94. The van der Waals surface area contributed by atoms with Crippen molar-refractivity contribution in [3.63, 3.8) is 0 Å². The number of nitrogens with one attached hydrogen (secondary N) is 1. The van der Waals surface area contributed by atoms with Crippen molar-refractivity contribution >= 4 is 29.5 Å². The summed E-state index contributed by atoms with van der Waals surface area (Å²) in [6.07, 6.45) is 0. The van der Waals surface area contributed by atoms with Gasteiger partial charge in [0.1, 0.15) is 0 Å². The van der Waals surface area contributed by atoms with Crippen molar-refractivity contribution in [1.29, 1.82) is 0 Å². The van der Waals surface area contributed by atoms with Crippen molar-refractivity contribution < 1.29 is 28.6 Å². The van der Waals surface area contributed by atoms with Gasteiger partial charge in [-0.1, -0.05) is 11.6 Å². The number of carbonyl (C=O) groups excluding carboxylic acids is 3. The number of imide groups is 1. The lowest BCUT2D eigenvalue weighted by Crippen LogP contribution is -2.37. The molecule has 0 saturated carbocycles. The number of hydrogen-bond donors (Lipinski definition) is 2. The number of urea groups is 1. The predicted octanol–water partition coefficient (Wildman–Crippen LogP) is 0.709. The van der Waals surface area contributed by atoms with Crippen LogP contribution in [-0.4, -0.2) is 38.7 Å². The first-order chi connectivity index (χ1) is 9.88. The third-order valence-corrected chi connectivity index (χ3v) is 2.55. The second-order valence-electron chi connectivity index (χ2n) is 3.68. The third kappa shape index (κ3) is 4.53. The van der Waals surface area contributed by atoms with E-state index in [2.05, 4.69) is 0 Å². The van der Waals surface area contributed by atoms with Crippen LogP contribution in [0.2, 0.25) is 5.02 Å². The first-order valence-electron chi connectivity index (χ1n) is 5.57. The van der Waals surface area contributed by atoms with Crippen LogP contribution in [0.25, 0.3) is 0 Å². The van der Waals surface area contributed by atoms with Gasteiger partial charge in [0, 0.05) is 0 Å². The first kappa shape index (κ1) is 16.6. The van der Waals surface area contributed by atoms with Gasteiger partial charge in [-0.05, 0) is 12.1 Å². The number of halogens is 1. The maximum atomic E-state index is 11.8. The van der Waals surface area contributed by atoms with Crippen molar-refractivity contribution in [3.05, 3.63) is 22.7 Å². The van der Waals surface area contributed by atoms with Gasteiger partial charge in [-0.2, -0.15) is 0 Å². The van der Waals surface area contributed by atoms with E-state index in [0.717, 1.165) is 0 Å². The molecule has 0 saturated heterocycles. The van der Waals surface area contributed by atoms with Gasteiger partial charge < -0.3 is 19.9 Å². The van der Waals surface area contributed by atoms with E-state index in [9.17, 15) is 14.4 Å². The lowest BCUT2D eigenvalue weighted by atomic mass is 10.2. The molecule has 0 bridgehead atoms. The van der Waals surface area contributed by atoms with Crippen LogP contribution in [0.5, 0.6) is 11.5 Å². The van der Waals surface area contributed by atoms with E-state index < -0.39 is 24.5 Å². The van der Waals surface area contributed by atoms with Gasteiger partial charge in [-0.3, -0.25) is 10.1 Å². The molecule has 8 nitrogen and oxygen atoms in total. The summed E-state index contributed by atoms with van der Waals surface area (Å²) in [7, 11) is 2.78. The first-order valence-corrected chi connectivity index (χ1v) is 5.94. The number of amides is 3. The average molecular weight is 317 g/mol. The van der Waals surface area contributed by atoms with E-state index in [-0.39, 0.29) is 22.1 Å². The molecule has 1 aromatic rings. The quantitative estimate of drug-likeness (QED) is 0.773. The standard InChI is InChI=1S/C12H13ClN2O6/c1-19-8-4-6(3-7(13)10(8)20-2)11(17)21-5-9(16)15-12(14)18/h3-4H,5H2,1-2H3,(H3,14,15,16,18). The minimum absolute atomic E-state index is 0.0597. The van der Waals surface area contributed by atoms with E-state index in [1.807, 2.05) is 0 Å². The van der Waals surface area contributed by atoms with Gasteiger partial charge in [0.2, 0.25) is 0 Å². The molecule has 0 radical (unpaired) electrons. The maximum absolute atomic E-state index is 11.8. The molecule has 0 atom stereocenters. The second-order valence-corrected chi connectivity index (χ2v) is 4.09. The van der Waals surface area contributed by atoms with Crippen LogP contribution in [0.4, 0.5) is 4.79 Å². The third-order valence-electron chi connectivity index (χ3n) is 2.27. The van der Waals surface area contributed by atoms with Crippen molar-refractivity contribution in [2.45, 2.75) is 0 Å². The van der Waals surface area contributed by atoms with Crippen molar-refractivity contribution in [3.8, 4) is 11.5 Å². The summed E-state index contributed by atoms with van der Waals surface area (Å²) in [4.78, 5) is 33.3. The molecule has 0 aliphatic carbocycles. The SMILES string of the molecule is COc1cc(C(=O)OCC(=O)NC(N)=O)cc(Cl)c1OC. The van der Waals surface area contributed by atoms with Gasteiger partial charge in [-0.15, -0.1) is 0 Å². The van der Waals surface area contributed by atoms with Crippen LogP contribution >= 0.6 is 11.6 Å². The monoisotopic (exact) mass is 316 g/mol. The van der Waals surface area contributed by atoms with Crippen LogP contribution in [0.3, 0.4) is 0 Å². The molecule has 0 spiro atoms. The molecule has 21 heavy (non-hydrogen) atoms. The number of carbonyl (C=O) groups is 3. The summed E-state index contributed by atoms with van der Waals surface area (Å²) in [5, 5.41) is 1.90.